The number of carboxylic acid groups (broad SMARTS) is 1. The molecular weight excluding hydrogens is 216 g/mol. The molecular formula is C10H13ClN2O2. The van der Waals surface area contributed by atoms with Crippen LogP contribution in [0.2, 0.25) is 0 Å². The number of fused-ring (bicyclic) bond motifs is 1. The Morgan fingerprint density at radius 2 is 1.87 bits per heavy atom. The number of rotatable bonds is 1. The molecule has 0 saturated heterocycles. The van der Waals surface area contributed by atoms with Gasteiger partial charge in [0.25, 0.3) is 0 Å². The average Bonchev–Trinajstić information content (AvgIpc) is 2.41. The highest BCUT2D eigenvalue weighted by Crippen LogP contribution is 2.24. The summed E-state index contributed by atoms with van der Waals surface area (Å²) in [5.41, 5.74) is 2.18. The molecule has 1 aromatic rings. The number of benzene rings is 1. The molecule has 5 heteroatoms. The van der Waals surface area contributed by atoms with E-state index in [1.807, 2.05) is 0 Å². The van der Waals surface area contributed by atoms with E-state index in [-0.39, 0.29) is 12.4 Å². The SMILES string of the molecule is Cl.O=C(O)c1ccc2c(c1)NCCCN2. The Hall–Kier alpha value is -1.42. The predicted octanol–water partition coefficient (Wildman–Crippen LogP) is 2.03. The Kier molecular flexibility index (Phi) is 3.80. The molecule has 0 aromatic heterocycles. The highest BCUT2D eigenvalue weighted by atomic mass is 35.5. The first-order chi connectivity index (χ1) is 6.77. The summed E-state index contributed by atoms with van der Waals surface area (Å²) in [7, 11) is 0. The minimum absolute atomic E-state index is 0. The predicted molar refractivity (Wildman–Crippen MR) is 62.2 cm³/mol. The van der Waals surface area contributed by atoms with Gasteiger partial charge in [0, 0.05) is 13.1 Å². The number of carbonyl (C=O) groups is 1. The third-order valence-corrected chi connectivity index (χ3v) is 2.25. The minimum Gasteiger partial charge on any atom is -0.478 e. The summed E-state index contributed by atoms with van der Waals surface area (Å²) in [6.07, 6.45) is 1.04. The lowest BCUT2D eigenvalue weighted by molar-refractivity contribution is 0.0697. The van der Waals surface area contributed by atoms with Crippen molar-refractivity contribution in [3.63, 3.8) is 0 Å². The van der Waals surface area contributed by atoms with Gasteiger partial charge < -0.3 is 15.7 Å². The van der Waals surface area contributed by atoms with Gasteiger partial charge in [0.1, 0.15) is 0 Å². The molecule has 1 aromatic carbocycles. The number of nitrogens with one attached hydrogen (secondary N) is 2. The summed E-state index contributed by atoms with van der Waals surface area (Å²) in [6.45, 7) is 1.80. The van der Waals surface area contributed by atoms with Crippen molar-refractivity contribution in [3.05, 3.63) is 23.8 Å². The molecule has 2 rings (SSSR count). The highest BCUT2D eigenvalue weighted by Gasteiger charge is 2.09. The number of halogens is 1. The molecule has 1 heterocycles. The second-order valence-corrected chi connectivity index (χ2v) is 3.27. The fourth-order valence-electron chi connectivity index (χ4n) is 1.51. The van der Waals surface area contributed by atoms with Gasteiger partial charge in [-0.3, -0.25) is 0 Å². The van der Waals surface area contributed by atoms with Crippen LogP contribution in [0.4, 0.5) is 11.4 Å². The van der Waals surface area contributed by atoms with E-state index in [0.29, 0.717) is 5.56 Å². The summed E-state index contributed by atoms with van der Waals surface area (Å²) < 4.78 is 0. The highest BCUT2D eigenvalue weighted by molar-refractivity contribution is 5.90. The largest absolute Gasteiger partial charge is 0.478 e. The lowest BCUT2D eigenvalue weighted by atomic mass is 10.1. The van der Waals surface area contributed by atoms with Crippen LogP contribution < -0.4 is 10.6 Å². The number of hydrogen-bond acceptors (Lipinski definition) is 3. The maximum Gasteiger partial charge on any atom is 0.335 e. The minimum atomic E-state index is -0.890. The van der Waals surface area contributed by atoms with Crippen molar-refractivity contribution in [2.24, 2.45) is 0 Å². The zero-order valence-corrected chi connectivity index (χ0v) is 8.93. The van der Waals surface area contributed by atoms with Crippen LogP contribution in [0.3, 0.4) is 0 Å². The maximum atomic E-state index is 10.7. The number of aromatic carboxylic acids is 1. The van der Waals surface area contributed by atoms with Gasteiger partial charge in [0.15, 0.2) is 0 Å². The first kappa shape index (κ1) is 11.7. The Labute approximate surface area is 94.1 Å². The van der Waals surface area contributed by atoms with Gasteiger partial charge in [-0.05, 0) is 24.6 Å². The van der Waals surface area contributed by atoms with E-state index in [2.05, 4.69) is 10.6 Å². The van der Waals surface area contributed by atoms with Gasteiger partial charge in [-0.15, -0.1) is 12.4 Å². The average molecular weight is 229 g/mol. The molecule has 1 aliphatic rings. The van der Waals surface area contributed by atoms with Crippen LogP contribution in [0.5, 0.6) is 0 Å². The second kappa shape index (κ2) is 4.89. The fraction of sp³-hybridized carbons (Fsp3) is 0.300. The van der Waals surface area contributed by atoms with Gasteiger partial charge in [-0.1, -0.05) is 0 Å². The normalized spacial score (nSPS) is 13.6. The molecule has 0 spiro atoms. The zero-order chi connectivity index (χ0) is 9.97. The first-order valence-electron chi connectivity index (χ1n) is 4.62. The molecule has 0 unspecified atom stereocenters. The molecule has 0 bridgehead atoms. The van der Waals surface area contributed by atoms with Gasteiger partial charge in [-0.25, -0.2) is 4.79 Å². The molecule has 4 nitrogen and oxygen atoms in total. The van der Waals surface area contributed by atoms with Crippen LogP contribution in [0, 0.1) is 0 Å². The third kappa shape index (κ3) is 2.53. The molecule has 0 fully saturated rings. The Bertz CT molecular complexity index is 368. The molecule has 0 radical (unpaired) electrons. The number of anilines is 2. The monoisotopic (exact) mass is 228 g/mol. The van der Waals surface area contributed by atoms with Crippen molar-refractivity contribution in [2.45, 2.75) is 6.42 Å². The van der Waals surface area contributed by atoms with E-state index in [1.165, 1.54) is 0 Å². The van der Waals surface area contributed by atoms with E-state index >= 15 is 0 Å². The van der Waals surface area contributed by atoms with E-state index in [4.69, 9.17) is 5.11 Å². The van der Waals surface area contributed by atoms with Crippen LogP contribution in [0.1, 0.15) is 16.8 Å². The van der Waals surface area contributed by atoms with E-state index < -0.39 is 5.97 Å². The maximum absolute atomic E-state index is 10.7. The molecule has 0 amide bonds. The van der Waals surface area contributed by atoms with Gasteiger partial charge in [0.05, 0.1) is 16.9 Å². The third-order valence-electron chi connectivity index (χ3n) is 2.25. The lowest BCUT2D eigenvalue weighted by Gasteiger charge is -2.08. The number of hydrogen-bond donors (Lipinski definition) is 3. The summed E-state index contributed by atoms with van der Waals surface area (Å²) in [5, 5.41) is 15.2. The lowest BCUT2D eigenvalue weighted by Crippen LogP contribution is -2.01. The fourth-order valence-corrected chi connectivity index (χ4v) is 1.51. The summed E-state index contributed by atoms with van der Waals surface area (Å²) in [6, 6.07) is 5.08. The van der Waals surface area contributed by atoms with Gasteiger partial charge in [0.2, 0.25) is 0 Å². The Morgan fingerprint density at radius 1 is 1.20 bits per heavy atom. The van der Waals surface area contributed by atoms with Crippen LogP contribution >= 0.6 is 12.4 Å². The summed E-state index contributed by atoms with van der Waals surface area (Å²) in [4.78, 5) is 10.7. The van der Waals surface area contributed by atoms with Crippen molar-refractivity contribution in [1.29, 1.82) is 0 Å². The molecule has 0 aliphatic carbocycles. The van der Waals surface area contributed by atoms with Crippen molar-refractivity contribution in [2.75, 3.05) is 23.7 Å². The van der Waals surface area contributed by atoms with Crippen LogP contribution in [-0.2, 0) is 0 Å². The smallest absolute Gasteiger partial charge is 0.335 e. The van der Waals surface area contributed by atoms with Crippen molar-refractivity contribution in [1.82, 2.24) is 0 Å². The van der Waals surface area contributed by atoms with Crippen molar-refractivity contribution >= 4 is 29.8 Å². The molecule has 1 aliphatic heterocycles. The van der Waals surface area contributed by atoms with Crippen molar-refractivity contribution < 1.29 is 9.90 Å². The van der Waals surface area contributed by atoms with Gasteiger partial charge in [-0.2, -0.15) is 0 Å². The van der Waals surface area contributed by atoms with E-state index in [1.54, 1.807) is 18.2 Å². The molecule has 0 atom stereocenters. The van der Waals surface area contributed by atoms with Crippen LogP contribution in [-0.4, -0.2) is 24.2 Å². The van der Waals surface area contributed by atoms with Crippen molar-refractivity contribution in [3.8, 4) is 0 Å². The van der Waals surface area contributed by atoms with E-state index in [0.717, 1.165) is 30.9 Å². The standard InChI is InChI=1S/C10H12N2O2.ClH/c13-10(14)7-2-3-8-9(6-7)12-5-1-4-11-8;/h2-3,6,11-12H,1,4-5H2,(H,13,14);1H. The quantitative estimate of drug-likeness (QED) is 0.689. The van der Waals surface area contributed by atoms with Gasteiger partial charge >= 0.3 is 5.97 Å². The summed E-state index contributed by atoms with van der Waals surface area (Å²) >= 11 is 0. The van der Waals surface area contributed by atoms with E-state index in [9.17, 15) is 4.79 Å². The molecule has 3 N–H and O–H groups in total. The molecule has 15 heavy (non-hydrogen) atoms. The molecule has 82 valence electrons. The second-order valence-electron chi connectivity index (χ2n) is 3.27. The van der Waals surface area contributed by atoms with Crippen LogP contribution in [0.15, 0.2) is 18.2 Å². The van der Waals surface area contributed by atoms with Crippen LogP contribution in [0.25, 0.3) is 0 Å². The Balaban J connectivity index is 0.00000112. The Morgan fingerprint density at radius 3 is 2.53 bits per heavy atom. The zero-order valence-electron chi connectivity index (χ0n) is 8.12. The summed E-state index contributed by atoms with van der Waals surface area (Å²) in [5.74, 6) is -0.890. The number of carboxylic acids is 1. The molecule has 0 saturated carbocycles. The topological polar surface area (TPSA) is 61.4 Å². The first-order valence-corrected chi connectivity index (χ1v) is 4.62.